The fourth-order valence-corrected chi connectivity index (χ4v) is 12.2. The average Bonchev–Trinajstić information content (AvgIpc) is 1.60. The first kappa shape index (κ1) is 114. The van der Waals surface area contributed by atoms with Crippen LogP contribution in [0.25, 0.3) is 11.1 Å². The van der Waals surface area contributed by atoms with Crippen LogP contribution in [0.3, 0.4) is 0 Å². The number of carbonyl (C=O) groups excluding carboxylic acids is 2. The van der Waals surface area contributed by atoms with E-state index in [1.54, 1.807) is 102 Å². The smallest absolute Gasteiger partial charge is 0.411 e. The molecule has 0 bridgehead atoms. The molecule has 1 saturated heterocycles. The van der Waals surface area contributed by atoms with Gasteiger partial charge in [0, 0.05) is 126 Å². The molecular formula is C77H78BBr6Cl7F12N14O8. The lowest BCUT2D eigenvalue weighted by Gasteiger charge is -2.32. The molecule has 125 heavy (non-hydrogen) atoms. The van der Waals surface area contributed by atoms with Crippen molar-refractivity contribution in [3.63, 3.8) is 0 Å². The molecule has 1 amide bonds. The van der Waals surface area contributed by atoms with E-state index in [1.807, 2.05) is 65.5 Å². The normalized spacial score (nSPS) is 14.4. The molecule has 0 spiro atoms. The van der Waals surface area contributed by atoms with E-state index in [0.717, 1.165) is 59.0 Å². The minimum absolute atomic E-state index is 0.0346. The summed E-state index contributed by atoms with van der Waals surface area (Å²) in [7, 11) is 6.65. The summed E-state index contributed by atoms with van der Waals surface area (Å²) in [6, 6.07) is 26.0. The van der Waals surface area contributed by atoms with Crippen LogP contribution < -0.4 is 16.5 Å². The molecule has 11 rings (SSSR count). The van der Waals surface area contributed by atoms with Crippen LogP contribution in [0.5, 0.6) is 0 Å². The number of hydrogen-bond acceptors (Lipinski definition) is 17. The summed E-state index contributed by atoms with van der Waals surface area (Å²) in [5.41, 5.74) is 11.3. The van der Waals surface area contributed by atoms with Crippen molar-refractivity contribution in [2.24, 2.45) is 54.5 Å². The largest absolute Gasteiger partial charge is 0.498 e. The molecule has 0 saturated carbocycles. The highest BCUT2D eigenvalue weighted by atomic mass is 79.9. The minimum atomic E-state index is -4.38. The number of aldehydes is 1. The first-order valence-corrected chi connectivity index (χ1v) is 42.1. The molecule has 48 heteroatoms. The van der Waals surface area contributed by atoms with Gasteiger partial charge in [0.1, 0.15) is 12.8 Å². The number of nitrogens with one attached hydrogen (secondary N) is 1. The number of nitrogens with zero attached hydrogens (tertiary/aromatic N) is 12. The molecule has 1 fully saturated rings. The molecule has 6 heterocycles. The first-order chi connectivity index (χ1) is 57.4. The molecular weight excluding hydrogens is 2220 g/mol. The van der Waals surface area contributed by atoms with Crippen molar-refractivity contribution in [1.82, 2.24) is 44.4 Å². The first-order valence-electron chi connectivity index (χ1n) is 34.7. The summed E-state index contributed by atoms with van der Waals surface area (Å²) < 4.78 is 161. The Morgan fingerprint density at radius 2 is 0.920 bits per heavy atom. The zero-order valence-corrected chi connectivity index (χ0v) is 82.5. The average molecular weight is 2290 g/mol. The van der Waals surface area contributed by atoms with Crippen molar-refractivity contribution >= 4 is 235 Å². The number of halogens is 25. The molecule has 22 nitrogen and oxygen atoms in total. The van der Waals surface area contributed by atoms with Gasteiger partial charge in [-0.2, -0.15) is 73.1 Å². The minimum Gasteiger partial charge on any atom is -0.411 e. The maximum Gasteiger partial charge on any atom is 0.498 e. The summed E-state index contributed by atoms with van der Waals surface area (Å²) in [6.07, 6.45) is -8.01. The third-order valence-corrected chi connectivity index (χ3v) is 23.4. The number of amides is 1. The van der Waals surface area contributed by atoms with E-state index in [9.17, 15) is 62.3 Å². The molecule has 0 aliphatic carbocycles. The summed E-state index contributed by atoms with van der Waals surface area (Å²) in [5, 5.41) is 58.8. The number of hydrogen-bond donors (Lipinski definition) is 5. The Morgan fingerprint density at radius 1 is 0.560 bits per heavy atom. The second-order valence-corrected chi connectivity index (χ2v) is 34.7. The zero-order valence-electron chi connectivity index (χ0n) is 67.7. The predicted molar refractivity (Wildman–Crippen MR) is 488 cm³/mol. The topological polar surface area (TPSA) is 281 Å². The third kappa shape index (κ3) is 38.4. The van der Waals surface area contributed by atoms with Gasteiger partial charge in [-0.1, -0.05) is 152 Å². The van der Waals surface area contributed by atoms with Crippen LogP contribution in [0.1, 0.15) is 113 Å². The van der Waals surface area contributed by atoms with Crippen LogP contribution in [-0.2, 0) is 52.7 Å². The molecule has 5 aromatic carbocycles. The highest BCUT2D eigenvalue weighted by Gasteiger charge is 2.52. The quantitative estimate of drug-likeness (QED) is 0.0201. The summed E-state index contributed by atoms with van der Waals surface area (Å²) in [5.74, 6) is -0.808. The fraction of sp³-hybridized carbons (Fsp3) is 0.299. The Labute approximate surface area is 797 Å². The second-order valence-electron chi connectivity index (χ2n) is 26.7. The Balaban J connectivity index is 0.000000476. The number of alkyl halides is 12. The Hall–Kier alpha value is -6.81. The van der Waals surface area contributed by atoms with Crippen LogP contribution in [-0.4, -0.2) is 145 Å². The molecule has 2 aliphatic heterocycles. The standard InChI is InChI=1S/C15H15BrClN3O.C11H19BN2O2.2C8H9F3N2.2C7H4BrCl2NO.C7H5BrClNO.C7H4BrClO.C4H7F3N2O.C3H2BrF3/c1-9-11(8-20(3)18-9)15(2)7-14(19-21-15)10-4-5-13(17)12(16)6-10;1-8-9(7-14(6)13-8)12-15-10(2,3)11(4,5)16-12;2*1-5(8(9,10)11)7-4-13(3)12-6(7)2;2*8-5-3-4(7(10)11-12)1-2-6(5)9;8-6-3-5(4-10-11)1-2-7(6)9;8-6-3-5(4-10)1-2-7(6)9;5-4(6,7)2-9-3(10)1-8;1-2(4)3(5,6)7/h4-6,8H,7H2,1-3H3;7H,1-6H3;2*4H,1H2,2-3H3;2*1-3,12H;1-4,11H;1-4H;1-2,8H2,(H,9,10);1H2/b;;;;2*11-7-;10-4+;;;. The lowest BCUT2D eigenvalue weighted by atomic mass is 9.79. The van der Waals surface area contributed by atoms with E-state index < -0.39 is 64.9 Å². The van der Waals surface area contributed by atoms with Crippen molar-refractivity contribution in [2.75, 3.05) is 13.1 Å². The van der Waals surface area contributed by atoms with E-state index in [-0.39, 0.29) is 39.8 Å². The maximum absolute atomic E-state index is 12.2. The highest BCUT2D eigenvalue weighted by Crippen LogP contribution is 2.41. The fourth-order valence-electron chi connectivity index (χ4n) is 9.43. The van der Waals surface area contributed by atoms with Gasteiger partial charge in [-0.05, 0) is 224 Å². The maximum atomic E-state index is 12.2. The van der Waals surface area contributed by atoms with Crippen LogP contribution in [0, 0.1) is 27.7 Å². The summed E-state index contributed by atoms with van der Waals surface area (Å²) >= 11 is 58.5. The van der Waals surface area contributed by atoms with Crippen molar-refractivity contribution in [3.8, 4) is 0 Å². The monoisotopic (exact) mass is 2280 g/mol. The molecule has 682 valence electrons. The Morgan fingerprint density at radius 3 is 1.23 bits per heavy atom. The Kier molecular flexibility index (Phi) is 46.6. The van der Waals surface area contributed by atoms with Crippen LogP contribution in [0.4, 0.5) is 52.7 Å². The van der Waals surface area contributed by atoms with Gasteiger partial charge in [0.2, 0.25) is 5.91 Å². The van der Waals surface area contributed by atoms with Crippen molar-refractivity contribution < 1.29 is 92.0 Å². The van der Waals surface area contributed by atoms with Gasteiger partial charge in [0.25, 0.3) is 0 Å². The van der Waals surface area contributed by atoms with E-state index >= 15 is 0 Å². The molecule has 0 radical (unpaired) electrons. The number of allylic oxidation sites excluding steroid dienone is 3. The number of nitrogens with two attached hydrogens (primary N) is 1. The lowest BCUT2D eigenvalue weighted by molar-refractivity contribution is -0.137. The lowest BCUT2D eigenvalue weighted by Crippen LogP contribution is -2.41. The third-order valence-electron chi connectivity index (χ3n) is 16.3. The van der Waals surface area contributed by atoms with Crippen LogP contribution >= 0.6 is 177 Å². The van der Waals surface area contributed by atoms with E-state index in [2.05, 4.69) is 184 Å². The number of benzene rings is 5. The summed E-state index contributed by atoms with van der Waals surface area (Å²) in [6.45, 7) is 24.1. The van der Waals surface area contributed by atoms with E-state index in [0.29, 0.717) is 68.6 Å². The van der Waals surface area contributed by atoms with Gasteiger partial charge in [-0.15, -0.1) is 0 Å². The number of carbonyl (C=O) groups is 2. The zero-order chi connectivity index (χ0) is 96.2. The SMILES string of the molecule is C=C(Br)C(F)(F)F.C=C(c1cn(C)nc1C)C(F)(F)F.C=C(c1cn(C)nc1C)C(F)(F)F.Cc1nn(C)cc1B1OC(C)(C)C(C)(C)O1.Cc1nn(C)cc1C1(C)CC(c2ccc(Cl)c(Br)c2)=NO1.NCC(=O)NCC(F)(F)F.O/N=C(\Cl)c1ccc(Cl)c(Br)c1.O/N=C(\Cl)c1ccc(Cl)c(Br)c1.O/N=C/c1ccc(Cl)c(Br)c1.O=Cc1ccc(Cl)c(Br)c1. The summed E-state index contributed by atoms with van der Waals surface area (Å²) in [4.78, 5) is 26.1. The molecule has 4 aromatic heterocycles. The number of rotatable bonds is 11. The molecule has 6 N–H and O–H groups in total. The highest BCUT2D eigenvalue weighted by molar-refractivity contribution is 9.12. The molecule has 1 unspecified atom stereocenters. The van der Waals surface area contributed by atoms with Crippen LogP contribution in [0.15, 0.2) is 183 Å². The van der Waals surface area contributed by atoms with Crippen molar-refractivity contribution in [1.29, 1.82) is 0 Å². The van der Waals surface area contributed by atoms with Crippen molar-refractivity contribution in [2.45, 2.75) is 110 Å². The van der Waals surface area contributed by atoms with Gasteiger partial charge < -0.3 is 40.8 Å². The molecule has 2 aliphatic rings. The molecule has 1 atom stereocenters. The van der Waals surface area contributed by atoms with E-state index in [4.69, 9.17) is 117 Å². The number of oxime groups is 4. The number of aryl methyl sites for hydroxylation is 8. The van der Waals surface area contributed by atoms with Gasteiger partial charge >= 0.3 is 31.8 Å². The van der Waals surface area contributed by atoms with Gasteiger partial charge in [-0.25, -0.2) is 0 Å². The second kappa shape index (κ2) is 51.0. The Bertz CT molecular complexity index is 5180. The molecule has 9 aromatic rings. The van der Waals surface area contributed by atoms with Crippen molar-refractivity contribution in [3.05, 3.63) is 255 Å². The van der Waals surface area contributed by atoms with Crippen LogP contribution in [0.2, 0.25) is 25.1 Å². The predicted octanol–water partition coefficient (Wildman–Crippen LogP) is 24.7. The number of aromatic nitrogens is 8. The van der Waals surface area contributed by atoms with E-state index in [1.165, 1.54) is 41.8 Å². The van der Waals surface area contributed by atoms with Gasteiger partial charge in [0.15, 0.2) is 15.9 Å². The van der Waals surface area contributed by atoms with Gasteiger partial charge in [-0.3, -0.25) is 28.3 Å². The van der Waals surface area contributed by atoms with Gasteiger partial charge in [0.05, 0.1) is 93.2 Å².